The molecule has 1 aliphatic heterocycles. The molecule has 134 valence electrons. The number of carbonyl (C=O) groups excluding carboxylic acids is 1. The van der Waals surface area contributed by atoms with Gasteiger partial charge in [-0.05, 0) is 43.6 Å². The molecule has 1 fully saturated rings. The number of hydrogen-bond acceptors (Lipinski definition) is 2. The first-order chi connectivity index (χ1) is 12.7. The van der Waals surface area contributed by atoms with E-state index in [2.05, 4.69) is 57.2 Å². The molecule has 2 aromatic heterocycles. The van der Waals surface area contributed by atoms with Crippen molar-refractivity contribution in [1.82, 2.24) is 9.30 Å². The lowest BCUT2D eigenvalue weighted by atomic mass is 10.0. The predicted molar refractivity (Wildman–Crippen MR) is 106 cm³/mol. The number of hydrogen-bond donors (Lipinski definition) is 1. The highest BCUT2D eigenvalue weighted by atomic mass is 16.1. The Hall–Kier alpha value is -2.59. The van der Waals surface area contributed by atoms with Crippen LogP contribution >= 0.6 is 0 Å². The molecular weight excluding hydrogens is 322 g/mol. The number of pyridine rings is 1. The molecule has 4 nitrogen and oxygen atoms in total. The van der Waals surface area contributed by atoms with Gasteiger partial charge in [-0.2, -0.15) is 0 Å². The van der Waals surface area contributed by atoms with E-state index in [-0.39, 0.29) is 5.91 Å². The highest BCUT2D eigenvalue weighted by Crippen LogP contribution is 2.38. The Bertz CT molecular complexity index is 908. The Morgan fingerprint density at radius 3 is 2.46 bits per heavy atom. The maximum Gasteiger partial charge on any atom is 0.221 e. The second-order valence-corrected chi connectivity index (χ2v) is 7.04. The second-order valence-electron chi connectivity index (χ2n) is 7.04. The number of amides is 1. The van der Waals surface area contributed by atoms with Crippen LogP contribution < -0.4 is 5.32 Å². The molecule has 1 amide bonds. The van der Waals surface area contributed by atoms with Crippen LogP contribution in [0.1, 0.15) is 31.9 Å². The fourth-order valence-electron chi connectivity index (χ4n) is 3.98. The molecule has 4 heteroatoms. The topological polar surface area (TPSA) is 36.8 Å². The van der Waals surface area contributed by atoms with Crippen LogP contribution in [-0.4, -0.2) is 28.3 Å². The molecule has 0 unspecified atom stereocenters. The summed E-state index contributed by atoms with van der Waals surface area (Å²) in [6, 6.07) is 16.6. The number of anilines is 1. The summed E-state index contributed by atoms with van der Waals surface area (Å²) in [6.07, 6.45) is 5.96. The third-order valence-corrected chi connectivity index (χ3v) is 5.13. The van der Waals surface area contributed by atoms with Gasteiger partial charge >= 0.3 is 0 Å². The van der Waals surface area contributed by atoms with Crippen LogP contribution in [0.4, 0.5) is 5.69 Å². The van der Waals surface area contributed by atoms with Crippen LogP contribution in [0.15, 0.2) is 54.7 Å². The average Bonchev–Trinajstić information content (AvgIpc) is 2.96. The fraction of sp³-hybridized carbons (Fsp3) is 0.318. The molecule has 4 rings (SSSR count). The highest BCUT2D eigenvalue weighted by molar-refractivity contribution is 6.02. The van der Waals surface area contributed by atoms with Gasteiger partial charge < -0.3 is 9.72 Å². The number of piperidine rings is 1. The minimum absolute atomic E-state index is 0.0388. The minimum Gasteiger partial charge on any atom is -0.324 e. The average molecular weight is 347 g/mol. The number of carbonyl (C=O) groups is 1. The third-order valence-electron chi connectivity index (χ3n) is 5.13. The summed E-state index contributed by atoms with van der Waals surface area (Å²) < 4.78 is 2.24. The molecule has 0 radical (unpaired) electrons. The van der Waals surface area contributed by atoms with Gasteiger partial charge in [0, 0.05) is 30.9 Å². The molecule has 3 heterocycles. The number of benzene rings is 1. The summed E-state index contributed by atoms with van der Waals surface area (Å²) in [6.45, 7) is 4.76. The maximum absolute atomic E-state index is 11.9. The molecular formula is C22H25N3O. The van der Waals surface area contributed by atoms with Gasteiger partial charge in [-0.1, -0.05) is 42.8 Å². The van der Waals surface area contributed by atoms with Gasteiger partial charge in [0.15, 0.2) is 0 Å². The Morgan fingerprint density at radius 2 is 1.73 bits per heavy atom. The molecule has 26 heavy (non-hydrogen) atoms. The Balaban J connectivity index is 1.91. The Labute approximate surface area is 154 Å². The van der Waals surface area contributed by atoms with E-state index in [9.17, 15) is 4.79 Å². The lowest BCUT2D eigenvalue weighted by molar-refractivity contribution is -0.114. The number of fused-ring (bicyclic) bond motifs is 1. The molecule has 0 bridgehead atoms. The van der Waals surface area contributed by atoms with Crippen LogP contribution in [0.3, 0.4) is 0 Å². The van der Waals surface area contributed by atoms with E-state index in [4.69, 9.17) is 0 Å². The van der Waals surface area contributed by atoms with Crippen molar-refractivity contribution < 1.29 is 4.79 Å². The molecule has 1 aliphatic rings. The summed E-state index contributed by atoms with van der Waals surface area (Å²) in [5.41, 5.74) is 5.49. The number of nitrogens with zero attached hydrogens (tertiary/aromatic N) is 2. The van der Waals surface area contributed by atoms with E-state index in [1.807, 2.05) is 12.1 Å². The van der Waals surface area contributed by atoms with Crippen LogP contribution in [0.2, 0.25) is 0 Å². The summed E-state index contributed by atoms with van der Waals surface area (Å²) in [7, 11) is 0. The maximum atomic E-state index is 11.9. The van der Waals surface area contributed by atoms with Crippen LogP contribution in [0.5, 0.6) is 0 Å². The minimum atomic E-state index is -0.0388. The van der Waals surface area contributed by atoms with Gasteiger partial charge in [-0.25, -0.2) is 0 Å². The summed E-state index contributed by atoms with van der Waals surface area (Å²) in [4.78, 5) is 14.4. The quantitative estimate of drug-likeness (QED) is 0.752. The van der Waals surface area contributed by atoms with E-state index < -0.39 is 0 Å². The van der Waals surface area contributed by atoms with Crippen molar-refractivity contribution >= 4 is 17.1 Å². The van der Waals surface area contributed by atoms with E-state index in [1.54, 1.807) is 6.92 Å². The van der Waals surface area contributed by atoms with Gasteiger partial charge in [0.25, 0.3) is 0 Å². The monoisotopic (exact) mass is 347 g/mol. The van der Waals surface area contributed by atoms with Crippen molar-refractivity contribution in [2.24, 2.45) is 0 Å². The standard InChI is InChI=1S/C22H25N3O/c1-17(26)23-22-19-12-6-9-15-25(19)20(16-24-13-7-3-8-14-24)21(22)18-10-4-2-5-11-18/h2,4-6,9-12,15H,3,7-8,13-14,16H2,1H3,(H,23,26). The Kier molecular flexibility index (Phi) is 4.76. The van der Waals surface area contributed by atoms with E-state index in [0.29, 0.717) is 0 Å². The number of nitrogens with one attached hydrogen (secondary N) is 1. The zero-order chi connectivity index (χ0) is 17.9. The van der Waals surface area contributed by atoms with E-state index in [0.717, 1.165) is 42.0 Å². The van der Waals surface area contributed by atoms with Gasteiger partial charge in [0.2, 0.25) is 5.91 Å². The molecule has 0 atom stereocenters. The first kappa shape index (κ1) is 16.9. The number of rotatable bonds is 4. The van der Waals surface area contributed by atoms with Gasteiger partial charge in [-0.3, -0.25) is 9.69 Å². The van der Waals surface area contributed by atoms with E-state index >= 15 is 0 Å². The molecule has 1 N–H and O–H groups in total. The zero-order valence-corrected chi connectivity index (χ0v) is 15.2. The number of aromatic nitrogens is 1. The predicted octanol–water partition coefficient (Wildman–Crippen LogP) is 4.55. The SMILES string of the molecule is CC(=O)Nc1c(-c2ccccc2)c(CN2CCCCC2)n2ccccc12. The summed E-state index contributed by atoms with van der Waals surface area (Å²) >= 11 is 0. The van der Waals surface area contributed by atoms with Crippen molar-refractivity contribution in [2.75, 3.05) is 18.4 Å². The molecule has 0 saturated carbocycles. The van der Waals surface area contributed by atoms with Crippen LogP contribution in [-0.2, 0) is 11.3 Å². The third kappa shape index (κ3) is 3.25. The smallest absolute Gasteiger partial charge is 0.221 e. The molecule has 3 aromatic rings. The molecule has 1 aromatic carbocycles. The molecule has 0 aliphatic carbocycles. The second kappa shape index (κ2) is 7.34. The van der Waals surface area contributed by atoms with E-state index in [1.165, 1.54) is 25.0 Å². The zero-order valence-electron chi connectivity index (χ0n) is 15.2. The largest absolute Gasteiger partial charge is 0.324 e. The van der Waals surface area contributed by atoms with Crippen molar-refractivity contribution in [1.29, 1.82) is 0 Å². The summed E-state index contributed by atoms with van der Waals surface area (Å²) in [5, 5.41) is 3.09. The van der Waals surface area contributed by atoms with Gasteiger partial charge in [0.05, 0.1) is 11.2 Å². The lowest BCUT2D eigenvalue weighted by Crippen LogP contribution is -2.29. The fourth-order valence-corrected chi connectivity index (χ4v) is 3.98. The first-order valence-electron chi connectivity index (χ1n) is 9.41. The van der Waals surface area contributed by atoms with Crippen molar-refractivity contribution in [3.63, 3.8) is 0 Å². The first-order valence-corrected chi connectivity index (χ1v) is 9.41. The van der Waals surface area contributed by atoms with Crippen molar-refractivity contribution in [3.05, 3.63) is 60.4 Å². The number of likely N-dealkylation sites (tertiary alicyclic amines) is 1. The van der Waals surface area contributed by atoms with Crippen LogP contribution in [0.25, 0.3) is 16.6 Å². The normalized spacial score (nSPS) is 15.3. The van der Waals surface area contributed by atoms with Crippen molar-refractivity contribution in [2.45, 2.75) is 32.7 Å². The van der Waals surface area contributed by atoms with Gasteiger partial charge in [-0.15, -0.1) is 0 Å². The lowest BCUT2D eigenvalue weighted by Gasteiger charge is -2.27. The summed E-state index contributed by atoms with van der Waals surface area (Å²) in [5.74, 6) is -0.0388. The van der Waals surface area contributed by atoms with Crippen molar-refractivity contribution in [3.8, 4) is 11.1 Å². The van der Waals surface area contributed by atoms with Gasteiger partial charge in [0.1, 0.15) is 0 Å². The highest BCUT2D eigenvalue weighted by Gasteiger charge is 2.22. The molecule has 1 saturated heterocycles. The Morgan fingerprint density at radius 1 is 1.00 bits per heavy atom. The van der Waals surface area contributed by atoms with Crippen LogP contribution in [0, 0.1) is 0 Å². The molecule has 0 spiro atoms.